The molecule has 15 heavy (non-hydrogen) atoms. The fourth-order valence-electron chi connectivity index (χ4n) is 1.60. The highest BCUT2D eigenvalue weighted by Gasteiger charge is 2.06. The number of pyridine rings is 1. The van der Waals surface area contributed by atoms with Crippen molar-refractivity contribution >= 4 is 11.8 Å². The van der Waals surface area contributed by atoms with Crippen LogP contribution in [0.15, 0.2) is 24.4 Å². The molecule has 2 aromatic heterocycles. The van der Waals surface area contributed by atoms with Crippen LogP contribution in [-0.2, 0) is 11.2 Å². The number of ether oxygens (including phenoxy) is 1. The van der Waals surface area contributed by atoms with Gasteiger partial charge in [-0.25, -0.2) is 4.98 Å². The Labute approximate surface area is 87.5 Å². The molecule has 0 saturated heterocycles. The molecule has 0 aliphatic carbocycles. The smallest absolute Gasteiger partial charge is 0.166 e. The molecule has 0 bridgehead atoms. The maximum atomic E-state index is 10.9. The molecule has 2 aromatic rings. The van der Waals surface area contributed by atoms with Crippen LogP contribution in [0.3, 0.4) is 0 Å². The highest BCUT2D eigenvalue weighted by atomic mass is 16.5. The van der Waals surface area contributed by atoms with E-state index in [0.29, 0.717) is 18.7 Å². The fraction of sp³-hybridized carbons (Fsp3) is 0.273. The standard InChI is InChI=1S/C11H12N2O2/c1-15-6-5-11-12-7-9-3-2-4-10(8-14)13(9)11/h2-4,7-8H,5-6H2,1H3. The van der Waals surface area contributed by atoms with Gasteiger partial charge in [0.25, 0.3) is 0 Å². The number of aromatic nitrogens is 2. The molecule has 0 unspecified atom stereocenters. The Hall–Kier alpha value is -1.68. The molecule has 4 heteroatoms. The van der Waals surface area contributed by atoms with Crippen LogP contribution in [0, 0.1) is 0 Å². The monoisotopic (exact) mass is 204 g/mol. The predicted octanol–water partition coefficient (Wildman–Crippen LogP) is 1.34. The summed E-state index contributed by atoms with van der Waals surface area (Å²) in [6.45, 7) is 0.603. The van der Waals surface area contributed by atoms with Crippen molar-refractivity contribution < 1.29 is 9.53 Å². The molecule has 0 aliphatic heterocycles. The summed E-state index contributed by atoms with van der Waals surface area (Å²) in [6.07, 6.45) is 3.30. The minimum atomic E-state index is 0.603. The van der Waals surface area contributed by atoms with Gasteiger partial charge in [0, 0.05) is 13.5 Å². The number of hydrogen-bond donors (Lipinski definition) is 0. The van der Waals surface area contributed by atoms with Gasteiger partial charge in [-0.3, -0.25) is 9.20 Å². The van der Waals surface area contributed by atoms with Gasteiger partial charge in [0.2, 0.25) is 0 Å². The van der Waals surface area contributed by atoms with E-state index in [1.54, 1.807) is 19.4 Å². The first-order valence-corrected chi connectivity index (χ1v) is 4.76. The summed E-state index contributed by atoms with van der Waals surface area (Å²) in [5.74, 6) is 0.856. The molecular weight excluding hydrogens is 192 g/mol. The highest BCUT2D eigenvalue weighted by Crippen LogP contribution is 2.10. The first-order valence-electron chi connectivity index (χ1n) is 4.76. The average Bonchev–Trinajstić information content (AvgIpc) is 2.69. The molecule has 0 atom stereocenters. The van der Waals surface area contributed by atoms with Crippen molar-refractivity contribution in [3.8, 4) is 0 Å². The van der Waals surface area contributed by atoms with E-state index in [0.717, 1.165) is 17.6 Å². The van der Waals surface area contributed by atoms with Crippen LogP contribution in [0.1, 0.15) is 16.3 Å². The molecule has 0 amide bonds. The third kappa shape index (κ3) is 1.76. The van der Waals surface area contributed by atoms with Crippen LogP contribution in [-0.4, -0.2) is 29.4 Å². The molecular formula is C11H12N2O2. The van der Waals surface area contributed by atoms with Crippen LogP contribution in [0.25, 0.3) is 5.52 Å². The third-order valence-electron chi connectivity index (χ3n) is 2.30. The molecule has 4 nitrogen and oxygen atoms in total. The van der Waals surface area contributed by atoms with Gasteiger partial charge in [-0.15, -0.1) is 0 Å². The lowest BCUT2D eigenvalue weighted by Gasteiger charge is -2.03. The first kappa shape index (κ1) is 9.86. The minimum absolute atomic E-state index is 0.603. The number of carbonyl (C=O) groups excluding carboxylic acids is 1. The Balaban J connectivity index is 2.50. The molecule has 0 saturated carbocycles. The van der Waals surface area contributed by atoms with Gasteiger partial charge in [-0.05, 0) is 12.1 Å². The van der Waals surface area contributed by atoms with E-state index in [4.69, 9.17) is 4.74 Å². The number of methoxy groups -OCH3 is 1. The highest BCUT2D eigenvalue weighted by molar-refractivity contribution is 5.74. The third-order valence-corrected chi connectivity index (χ3v) is 2.30. The molecule has 0 fully saturated rings. The molecule has 0 radical (unpaired) electrons. The van der Waals surface area contributed by atoms with Gasteiger partial charge >= 0.3 is 0 Å². The lowest BCUT2D eigenvalue weighted by molar-refractivity contribution is 0.111. The van der Waals surface area contributed by atoms with E-state index in [2.05, 4.69) is 4.98 Å². The second-order valence-corrected chi connectivity index (χ2v) is 3.25. The van der Waals surface area contributed by atoms with E-state index in [-0.39, 0.29) is 0 Å². The number of imidazole rings is 1. The number of carbonyl (C=O) groups is 1. The summed E-state index contributed by atoms with van der Waals surface area (Å²) in [6, 6.07) is 5.55. The summed E-state index contributed by atoms with van der Waals surface area (Å²) in [5.41, 5.74) is 1.56. The van der Waals surface area contributed by atoms with Gasteiger partial charge in [-0.1, -0.05) is 6.07 Å². The van der Waals surface area contributed by atoms with Crippen LogP contribution in [0.5, 0.6) is 0 Å². The van der Waals surface area contributed by atoms with Gasteiger partial charge in [0.1, 0.15) is 5.82 Å². The molecule has 78 valence electrons. The number of hydrogen-bond acceptors (Lipinski definition) is 3. The first-order chi connectivity index (χ1) is 7.36. The molecule has 2 rings (SSSR count). The Bertz CT molecular complexity index is 476. The van der Waals surface area contributed by atoms with Gasteiger partial charge in [0.15, 0.2) is 6.29 Å². The van der Waals surface area contributed by atoms with Crippen LogP contribution in [0.4, 0.5) is 0 Å². The van der Waals surface area contributed by atoms with Crippen LogP contribution < -0.4 is 0 Å². The number of rotatable bonds is 4. The Morgan fingerprint density at radius 3 is 3.13 bits per heavy atom. The normalized spacial score (nSPS) is 10.7. The molecule has 0 aromatic carbocycles. The molecule has 0 spiro atoms. The Morgan fingerprint density at radius 1 is 1.53 bits per heavy atom. The predicted molar refractivity (Wildman–Crippen MR) is 56.2 cm³/mol. The van der Waals surface area contributed by atoms with Crippen LogP contribution in [0.2, 0.25) is 0 Å². The van der Waals surface area contributed by atoms with Crippen molar-refractivity contribution in [1.82, 2.24) is 9.38 Å². The summed E-state index contributed by atoms with van der Waals surface area (Å²) in [5, 5.41) is 0. The van der Waals surface area contributed by atoms with E-state index in [1.165, 1.54) is 0 Å². The molecule has 0 aliphatic rings. The lowest BCUT2D eigenvalue weighted by Crippen LogP contribution is -2.04. The summed E-state index contributed by atoms with van der Waals surface area (Å²) < 4.78 is 6.85. The van der Waals surface area contributed by atoms with Gasteiger partial charge in [-0.2, -0.15) is 0 Å². The van der Waals surface area contributed by atoms with E-state index in [9.17, 15) is 4.79 Å². The van der Waals surface area contributed by atoms with Crippen LogP contribution >= 0.6 is 0 Å². The van der Waals surface area contributed by atoms with E-state index >= 15 is 0 Å². The number of aldehydes is 1. The summed E-state index contributed by atoms with van der Waals surface area (Å²) >= 11 is 0. The summed E-state index contributed by atoms with van der Waals surface area (Å²) in [4.78, 5) is 15.1. The molecule has 0 N–H and O–H groups in total. The largest absolute Gasteiger partial charge is 0.384 e. The summed E-state index contributed by atoms with van der Waals surface area (Å²) in [7, 11) is 1.65. The van der Waals surface area contributed by atoms with E-state index in [1.807, 2.05) is 16.5 Å². The van der Waals surface area contributed by atoms with Gasteiger partial charge in [0.05, 0.1) is 24.0 Å². The second kappa shape index (κ2) is 4.23. The topological polar surface area (TPSA) is 43.6 Å². The number of nitrogens with zero attached hydrogens (tertiary/aromatic N) is 2. The van der Waals surface area contributed by atoms with Crippen molar-refractivity contribution in [2.45, 2.75) is 6.42 Å². The quantitative estimate of drug-likeness (QED) is 0.706. The zero-order valence-electron chi connectivity index (χ0n) is 8.51. The maximum Gasteiger partial charge on any atom is 0.166 e. The van der Waals surface area contributed by atoms with Crippen molar-refractivity contribution in [3.05, 3.63) is 35.9 Å². The Morgan fingerprint density at radius 2 is 2.40 bits per heavy atom. The maximum absolute atomic E-state index is 10.9. The van der Waals surface area contributed by atoms with Crippen molar-refractivity contribution in [1.29, 1.82) is 0 Å². The van der Waals surface area contributed by atoms with Gasteiger partial charge < -0.3 is 4.74 Å². The van der Waals surface area contributed by atoms with Crippen molar-refractivity contribution in [2.75, 3.05) is 13.7 Å². The minimum Gasteiger partial charge on any atom is -0.384 e. The second-order valence-electron chi connectivity index (χ2n) is 3.25. The van der Waals surface area contributed by atoms with E-state index < -0.39 is 0 Å². The molecule has 2 heterocycles. The van der Waals surface area contributed by atoms with Crippen molar-refractivity contribution in [2.24, 2.45) is 0 Å². The zero-order chi connectivity index (χ0) is 10.7. The van der Waals surface area contributed by atoms with Crippen molar-refractivity contribution in [3.63, 3.8) is 0 Å². The Kier molecular flexibility index (Phi) is 2.78. The zero-order valence-corrected chi connectivity index (χ0v) is 8.51. The average molecular weight is 204 g/mol. The lowest BCUT2D eigenvalue weighted by atomic mass is 10.3. The number of fused-ring (bicyclic) bond motifs is 1. The SMILES string of the molecule is COCCc1ncc2cccc(C=O)n12. The fourth-order valence-corrected chi connectivity index (χ4v) is 1.60.